The predicted molar refractivity (Wildman–Crippen MR) is 256 cm³/mol. The molecule has 5 aromatic rings. The van der Waals surface area contributed by atoms with Crippen molar-refractivity contribution in [2.24, 2.45) is 0 Å². The number of carbonyl (C=O) groups is 1. The Bertz CT molecular complexity index is 2130. The molecule has 322 valence electrons. The van der Waals surface area contributed by atoms with Crippen molar-refractivity contribution >= 4 is 58.3 Å². The fourth-order valence-corrected chi connectivity index (χ4v) is 9.24. The second-order valence-corrected chi connectivity index (χ2v) is 18.0. The second-order valence-electron chi connectivity index (χ2n) is 15.5. The third-order valence-corrected chi connectivity index (χ3v) is 13.3. The van der Waals surface area contributed by atoms with Gasteiger partial charge in [-0.1, -0.05) is 66.2 Å². The SMILES string of the molecule is CC(C)N1CCN(CCCCSc2ccccc2)CC1.CNc1ccc(SNC(=O)c2ccc(N3CCN(Cc4ccccc4-c4ccc(Cl)cc4)CC3)cc2)cc1[N+](=O)[O-]. The predicted octanol–water partition coefficient (Wildman–Crippen LogP) is 10.3. The highest BCUT2D eigenvalue weighted by molar-refractivity contribution is 7.99. The van der Waals surface area contributed by atoms with Gasteiger partial charge in [0.25, 0.3) is 11.6 Å². The Morgan fingerprint density at radius 2 is 1.44 bits per heavy atom. The van der Waals surface area contributed by atoms with Crippen molar-refractivity contribution < 1.29 is 9.72 Å². The number of nitrogens with zero attached hydrogens (tertiary/aromatic N) is 5. The smallest absolute Gasteiger partial charge is 0.293 e. The fourth-order valence-electron chi connectivity index (χ4n) is 7.55. The van der Waals surface area contributed by atoms with E-state index in [2.05, 4.69) is 110 Å². The molecule has 5 aromatic carbocycles. The normalized spacial score (nSPS) is 14.9. The van der Waals surface area contributed by atoms with Crippen LogP contribution < -0.4 is 14.9 Å². The van der Waals surface area contributed by atoms with Crippen LogP contribution in [0.15, 0.2) is 131 Å². The fraction of sp³-hybridized carbons (Fsp3) is 0.354. The van der Waals surface area contributed by atoms with Crippen molar-refractivity contribution in [3.05, 3.63) is 148 Å². The molecule has 2 heterocycles. The summed E-state index contributed by atoms with van der Waals surface area (Å²) in [5, 5.41) is 14.8. The van der Waals surface area contributed by atoms with Crippen molar-refractivity contribution in [3.8, 4) is 11.1 Å². The third-order valence-electron chi connectivity index (χ3n) is 11.1. The number of anilines is 2. The quantitative estimate of drug-likeness (QED) is 0.0328. The molecular weight excluding hydrogens is 822 g/mol. The lowest BCUT2D eigenvalue weighted by Gasteiger charge is -2.36. The molecule has 10 nitrogen and oxygen atoms in total. The molecule has 7 rings (SSSR count). The van der Waals surface area contributed by atoms with E-state index in [1.54, 1.807) is 19.2 Å². The molecule has 0 aromatic heterocycles. The largest absolute Gasteiger partial charge is 0.383 e. The number of nitrogens with one attached hydrogen (secondary N) is 2. The molecular formula is C48H58ClN7O3S2. The standard InChI is InChI=1S/C31H30ClN5O3S.C17H28N2S/c1-33-29-15-14-27(20-30(29)37(39)40)41-34-31(38)23-8-12-26(13-9-23)36-18-16-35(17-19-36)21-24-4-2-3-5-28(24)22-6-10-25(32)11-7-22;1-16(2)19-13-11-18(12-14-19)10-6-7-15-20-17-8-4-3-5-9-17/h2-15,20,33H,16-19,21H2,1H3,(H,34,38);3-5,8-9,16H,6-7,10-15H2,1-2H3. The monoisotopic (exact) mass is 879 g/mol. The maximum Gasteiger partial charge on any atom is 0.293 e. The summed E-state index contributed by atoms with van der Waals surface area (Å²) in [6.07, 6.45) is 2.66. The van der Waals surface area contributed by atoms with Crippen LogP contribution in [0.25, 0.3) is 11.1 Å². The summed E-state index contributed by atoms with van der Waals surface area (Å²) in [5.41, 5.74) is 5.68. The molecule has 0 radical (unpaired) electrons. The number of rotatable bonds is 16. The van der Waals surface area contributed by atoms with Gasteiger partial charge in [0.2, 0.25) is 0 Å². The van der Waals surface area contributed by atoms with E-state index >= 15 is 0 Å². The zero-order chi connectivity index (χ0) is 43.0. The number of thioether (sulfide) groups is 1. The van der Waals surface area contributed by atoms with Crippen LogP contribution in [-0.4, -0.2) is 103 Å². The molecule has 2 aliphatic heterocycles. The number of hydrogen-bond acceptors (Lipinski definition) is 10. The highest BCUT2D eigenvalue weighted by atomic mass is 35.5. The van der Waals surface area contributed by atoms with E-state index in [1.165, 1.54) is 79.0 Å². The number of benzene rings is 5. The Morgan fingerprint density at radius 3 is 2.11 bits per heavy atom. The van der Waals surface area contributed by atoms with Gasteiger partial charge in [0.1, 0.15) is 5.69 Å². The number of unbranched alkanes of at least 4 members (excludes halogenated alkanes) is 1. The van der Waals surface area contributed by atoms with E-state index in [1.807, 2.05) is 48.2 Å². The summed E-state index contributed by atoms with van der Waals surface area (Å²) >= 11 is 9.13. The van der Waals surface area contributed by atoms with Gasteiger partial charge >= 0.3 is 0 Å². The van der Waals surface area contributed by atoms with Gasteiger partial charge in [0.15, 0.2) is 0 Å². The first-order valence-corrected chi connectivity index (χ1v) is 23.3. The maximum atomic E-state index is 12.7. The van der Waals surface area contributed by atoms with Crippen LogP contribution in [0.1, 0.15) is 42.6 Å². The van der Waals surface area contributed by atoms with Crippen LogP contribution in [0.3, 0.4) is 0 Å². The number of hydrogen-bond donors (Lipinski definition) is 2. The molecule has 1 amide bonds. The topological polar surface area (TPSA) is 97.2 Å². The van der Waals surface area contributed by atoms with E-state index in [9.17, 15) is 14.9 Å². The van der Waals surface area contributed by atoms with Crippen molar-refractivity contribution in [1.82, 2.24) is 19.4 Å². The van der Waals surface area contributed by atoms with Crippen LogP contribution in [0.2, 0.25) is 5.02 Å². The van der Waals surface area contributed by atoms with Crippen molar-refractivity contribution in [2.75, 3.05) is 81.9 Å². The van der Waals surface area contributed by atoms with Gasteiger partial charge in [-0.25, -0.2) is 0 Å². The Morgan fingerprint density at radius 1 is 0.770 bits per heavy atom. The van der Waals surface area contributed by atoms with Crippen LogP contribution in [0.5, 0.6) is 0 Å². The van der Waals surface area contributed by atoms with E-state index in [-0.39, 0.29) is 11.6 Å². The van der Waals surface area contributed by atoms with Crippen LogP contribution >= 0.6 is 35.3 Å². The molecule has 2 N–H and O–H groups in total. The number of amides is 1. The maximum absolute atomic E-state index is 12.7. The molecule has 0 bridgehead atoms. The summed E-state index contributed by atoms with van der Waals surface area (Å²) in [6.45, 7) is 15.4. The van der Waals surface area contributed by atoms with Gasteiger partial charge in [-0.3, -0.25) is 29.4 Å². The van der Waals surface area contributed by atoms with Gasteiger partial charge in [-0.2, -0.15) is 0 Å². The van der Waals surface area contributed by atoms with Gasteiger partial charge in [-0.05, 0) is 128 Å². The van der Waals surface area contributed by atoms with E-state index in [4.69, 9.17) is 11.6 Å². The molecule has 13 heteroatoms. The lowest BCUT2D eigenvalue weighted by molar-refractivity contribution is -0.384. The summed E-state index contributed by atoms with van der Waals surface area (Å²) < 4.78 is 2.77. The Kier molecular flexibility index (Phi) is 17.8. The van der Waals surface area contributed by atoms with Crippen molar-refractivity contribution in [1.29, 1.82) is 0 Å². The average molecular weight is 881 g/mol. The van der Waals surface area contributed by atoms with Gasteiger partial charge < -0.3 is 15.1 Å². The highest BCUT2D eigenvalue weighted by Gasteiger charge is 2.21. The lowest BCUT2D eigenvalue weighted by atomic mass is 9.99. The summed E-state index contributed by atoms with van der Waals surface area (Å²) in [5.74, 6) is 0.988. The number of nitro groups is 1. The number of nitro benzene ring substituents is 1. The van der Waals surface area contributed by atoms with Crippen LogP contribution in [0.4, 0.5) is 17.1 Å². The zero-order valence-electron chi connectivity index (χ0n) is 35.5. The lowest BCUT2D eigenvalue weighted by Crippen LogP contribution is -2.48. The van der Waals surface area contributed by atoms with E-state index < -0.39 is 4.92 Å². The minimum Gasteiger partial charge on any atom is -0.383 e. The minimum atomic E-state index is -0.448. The zero-order valence-corrected chi connectivity index (χ0v) is 37.9. The van der Waals surface area contributed by atoms with Crippen LogP contribution in [-0.2, 0) is 6.54 Å². The molecule has 0 saturated carbocycles. The molecule has 2 saturated heterocycles. The van der Waals surface area contributed by atoms with Crippen molar-refractivity contribution in [2.45, 2.75) is 49.1 Å². The molecule has 0 aliphatic carbocycles. The summed E-state index contributed by atoms with van der Waals surface area (Å²) in [6, 6.07) is 40.3. The first-order chi connectivity index (χ1) is 29.7. The van der Waals surface area contributed by atoms with Gasteiger partial charge in [0, 0.05) is 104 Å². The summed E-state index contributed by atoms with van der Waals surface area (Å²) in [7, 11) is 1.63. The Balaban J connectivity index is 0.000000260. The number of piperazine rings is 2. The molecule has 61 heavy (non-hydrogen) atoms. The van der Waals surface area contributed by atoms with Crippen molar-refractivity contribution in [3.63, 3.8) is 0 Å². The highest BCUT2D eigenvalue weighted by Crippen LogP contribution is 2.30. The molecule has 2 fully saturated rings. The second kappa shape index (κ2) is 23.6. The van der Waals surface area contributed by atoms with E-state index in [0.29, 0.717) is 22.2 Å². The molecule has 0 unspecified atom stereocenters. The average Bonchev–Trinajstić information content (AvgIpc) is 3.29. The van der Waals surface area contributed by atoms with Gasteiger partial charge in [-0.15, -0.1) is 11.8 Å². The number of carbonyl (C=O) groups excluding carboxylic acids is 1. The number of halogens is 1. The summed E-state index contributed by atoms with van der Waals surface area (Å²) in [4.78, 5) is 35.5. The Labute approximate surface area is 375 Å². The molecule has 0 atom stereocenters. The Hall–Kier alpha value is -4.56. The molecule has 2 aliphatic rings. The first kappa shape index (κ1) is 46.0. The van der Waals surface area contributed by atoms with E-state index in [0.717, 1.165) is 55.4 Å². The third kappa shape index (κ3) is 14.0. The minimum absolute atomic E-state index is 0.0398. The first-order valence-electron chi connectivity index (χ1n) is 21.2. The molecule has 0 spiro atoms. The van der Waals surface area contributed by atoms with Gasteiger partial charge in [0.05, 0.1) is 4.92 Å². The van der Waals surface area contributed by atoms with Crippen LogP contribution in [0, 0.1) is 10.1 Å².